The third-order valence-corrected chi connectivity index (χ3v) is 9.34. The normalized spacial score (nSPS) is 27.8. The first-order valence-electron chi connectivity index (χ1n) is 14.8. The fourth-order valence-corrected chi connectivity index (χ4v) is 7.39. The third kappa shape index (κ3) is 5.69. The van der Waals surface area contributed by atoms with E-state index in [-0.39, 0.29) is 11.9 Å². The summed E-state index contributed by atoms with van der Waals surface area (Å²) in [5, 5.41) is 13.7. The number of piperidine rings is 2. The average Bonchev–Trinajstić information content (AvgIpc) is 2.92. The number of aromatic hydroxyl groups is 1. The van der Waals surface area contributed by atoms with Crippen molar-refractivity contribution >= 4 is 5.91 Å². The summed E-state index contributed by atoms with van der Waals surface area (Å²) in [6.07, 6.45) is 12.6. The van der Waals surface area contributed by atoms with E-state index < -0.39 is 0 Å². The van der Waals surface area contributed by atoms with E-state index >= 15 is 0 Å². The number of phenols is 1. The van der Waals surface area contributed by atoms with Crippen LogP contribution in [0.1, 0.15) is 99.2 Å². The number of amides is 1. The van der Waals surface area contributed by atoms with Crippen LogP contribution >= 0.6 is 0 Å². The van der Waals surface area contributed by atoms with Gasteiger partial charge in [0.15, 0.2) is 0 Å². The molecule has 2 saturated heterocycles. The van der Waals surface area contributed by atoms with E-state index in [0.29, 0.717) is 36.0 Å². The number of rotatable bonds is 7. The molecule has 0 radical (unpaired) electrons. The number of nitrogens with zero attached hydrogens (tertiary/aromatic N) is 2. The highest BCUT2D eigenvalue weighted by Crippen LogP contribution is 2.43. The molecule has 38 heavy (non-hydrogen) atoms. The van der Waals surface area contributed by atoms with Crippen LogP contribution in [0, 0.1) is 0 Å². The molecule has 0 spiro atoms. The molecule has 2 heterocycles. The number of phenolic OH excluding ortho intramolecular Hbond substituents is 1. The van der Waals surface area contributed by atoms with Gasteiger partial charge in [-0.3, -0.25) is 14.6 Å². The minimum atomic E-state index is 0.0133. The number of nitrogens with one attached hydrogen (secondary N) is 1. The van der Waals surface area contributed by atoms with E-state index in [9.17, 15) is 9.90 Å². The molecule has 1 amide bonds. The fourth-order valence-electron chi connectivity index (χ4n) is 7.39. The number of fused-ring (bicyclic) bond motifs is 1. The maximum Gasteiger partial charge on any atom is 0.251 e. The minimum absolute atomic E-state index is 0.0133. The lowest BCUT2D eigenvalue weighted by Gasteiger charge is -2.56. The van der Waals surface area contributed by atoms with Crippen molar-refractivity contribution in [3.05, 3.63) is 77.9 Å². The van der Waals surface area contributed by atoms with E-state index in [1.165, 1.54) is 44.1 Å². The van der Waals surface area contributed by atoms with Crippen LogP contribution in [0.3, 0.4) is 0 Å². The predicted octanol–water partition coefficient (Wildman–Crippen LogP) is 6.44. The molecular formula is C33H45N3O2. The average molecular weight is 516 g/mol. The molecule has 3 fully saturated rings. The smallest absolute Gasteiger partial charge is 0.251 e. The Morgan fingerprint density at radius 3 is 2.37 bits per heavy atom. The largest absolute Gasteiger partial charge is 0.508 e. The van der Waals surface area contributed by atoms with Gasteiger partial charge in [-0.25, -0.2) is 0 Å². The molecule has 0 bridgehead atoms. The zero-order chi connectivity index (χ0) is 26.6. The van der Waals surface area contributed by atoms with Gasteiger partial charge in [0.1, 0.15) is 5.75 Å². The maximum atomic E-state index is 13.0. The maximum absolute atomic E-state index is 13.0. The Morgan fingerprint density at radius 2 is 1.66 bits per heavy atom. The molecular weight excluding hydrogens is 470 g/mol. The Kier molecular flexibility index (Phi) is 8.54. The first-order chi connectivity index (χ1) is 18.5. The van der Waals surface area contributed by atoms with Crippen LogP contribution in [-0.4, -0.2) is 57.6 Å². The number of carbonyl (C=O) groups is 1. The molecule has 5 atom stereocenters. The van der Waals surface area contributed by atoms with Crippen LogP contribution in [0.4, 0.5) is 0 Å². The van der Waals surface area contributed by atoms with E-state index in [4.69, 9.17) is 0 Å². The van der Waals surface area contributed by atoms with Crippen LogP contribution in [0.15, 0.2) is 61.2 Å². The van der Waals surface area contributed by atoms with Gasteiger partial charge in [0, 0.05) is 42.3 Å². The summed E-state index contributed by atoms with van der Waals surface area (Å²) in [7, 11) is 0. The monoisotopic (exact) mass is 515 g/mol. The molecule has 1 saturated carbocycles. The number of hydrogen-bond acceptors (Lipinski definition) is 4. The van der Waals surface area contributed by atoms with Gasteiger partial charge in [-0.2, -0.15) is 0 Å². The lowest BCUT2D eigenvalue weighted by molar-refractivity contribution is -0.0499. The van der Waals surface area contributed by atoms with E-state index in [1.807, 2.05) is 30.3 Å². The van der Waals surface area contributed by atoms with Crippen molar-refractivity contribution in [3.8, 4) is 5.75 Å². The van der Waals surface area contributed by atoms with Gasteiger partial charge in [-0.05, 0) is 87.8 Å². The molecule has 3 aliphatic rings. The second kappa shape index (κ2) is 12.0. The van der Waals surface area contributed by atoms with Crippen molar-refractivity contribution in [2.75, 3.05) is 6.54 Å². The highest BCUT2D eigenvalue weighted by molar-refractivity contribution is 5.94. The SMILES string of the molecule is C=CCN1C(C)CCC2C1CCC(C)N2C(c1ccc(C(=O)NC2CCCCC2)cc1)c1cccc(O)c1. The summed E-state index contributed by atoms with van der Waals surface area (Å²) in [5.41, 5.74) is 3.00. The van der Waals surface area contributed by atoms with E-state index in [0.717, 1.165) is 36.9 Å². The zero-order valence-electron chi connectivity index (χ0n) is 23.2. The summed E-state index contributed by atoms with van der Waals surface area (Å²) in [5.74, 6) is 0.327. The van der Waals surface area contributed by atoms with Crippen molar-refractivity contribution < 1.29 is 9.90 Å². The van der Waals surface area contributed by atoms with E-state index in [2.05, 4.69) is 53.7 Å². The van der Waals surface area contributed by atoms with E-state index in [1.54, 1.807) is 6.07 Å². The Labute approximate surface area is 228 Å². The van der Waals surface area contributed by atoms with Crippen LogP contribution < -0.4 is 5.32 Å². The van der Waals surface area contributed by atoms with Crippen molar-refractivity contribution in [2.24, 2.45) is 0 Å². The molecule has 2 N–H and O–H groups in total. The molecule has 204 valence electrons. The first-order valence-corrected chi connectivity index (χ1v) is 14.8. The number of carbonyl (C=O) groups excluding carboxylic acids is 1. The summed E-state index contributed by atoms with van der Waals surface area (Å²) in [4.78, 5) is 18.4. The first kappa shape index (κ1) is 27.0. The standard InChI is InChI=1S/C33H45N3O2/c1-4-21-35-23(2)13-20-31-30(35)19-14-24(3)36(31)32(27-9-8-12-29(37)22-27)25-15-17-26(18-16-25)33(38)34-28-10-6-5-7-11-28/h4,8-9,12,15-18,22-24,28,30-32,37H,1,5-7,10-11,13-14,19-21H2,2-3H3,(H,34,38). The third-order valence-electron chi connectivity index (χ3n) is 9.34. The summed E-state index contributed by atoms with van der Waals surface area (Å²) in [6.45, 7) is 9.68. The van der Waals surface area contributed by atoms with Gasteiger partial charge in [-0.1, -0.05) is 49.6 Å². The summed E-state index contributed by atoms with van der Waals surface area (Å²) >= 11 is 0. The highest BCUT2D eigenvalue weighted by Gasteiger charge is 2.45. The molecule has 2 aromatic carbocycles. The predicted molar refractivity (Wildman–Crippen MR) is 154 cm³/mol. The van der Waals surface area contributed by atoms with Crippen molar-refractivity contribution in [2.45, 2.75) is 108 Å². The van der Waals surface area contributed by atoms with Gasteiger partial charge in [-0.15, -0.1) is 6.58 Å². The molecule has 0 aromatic heterocycles. The zero-order valence-corrected chi connectivity index (χ0v) is 23.2. The second-order valence-corrected chi connectivity index (χ2v) is 11.8. The van der Waals surface area contributed by atoms with Crippen molar-refractivity contribution in [3.63, 3.8) is 0 Å². The lowest BCUT2D eigenvalue weighted by atomic mass is 9.79. The summed E-state index contributed by atoms with van der Waals surface area (Å²) in [6, 6.07) is 18.2. The lowest BCUT2D eigenvalue weighted by Crippen LogP contribution is -2.63. The summed E-state index contributed by atoms with van der Waals surface area (Å²) < 4.78 is 0. The fraction of sp³-hybridized carbons (Fsp3) is 0.545. The van der Waals surface area contributed by atoms with Crippen molar-refractivity contribution in [1.82, 2.24) is 15.1 Å². The number of benzene rings is 2. The van der Waals surface area contributed by atoms with Crippen LogP contribution in [0.5, 0.6) is 5.75 Å². The number of likely N-dealkylation sites (tertiary alicyclic amines) is 2. The number of hydrogen-bond donors (Lipinski definition) is 2. The second-order valence-electron chi connectivity index (χ2n) is 11.8. The van der Waals surface area contributed by atoms with Gasteiger partial charge in [0.25, 0.3) is 5.91 Å². The molecule has 5 unspecified atom stereocenters. The Bertz CT molecular complexity index is 1090. The molecule has 1 aliphatic carbocycles. The van der Waals surface area contributed by atoms with Gasteiger partial charge in [0.2, 0.25) is 0 Å². The molecule has 5 rings (SSSR count). The van der Waals surface area contributed by atoms with Crippen LogP contribution in [0.25, 0.3) is 0 Å². The van der Waals surface area contributed by atoms with Crippen LogP contribution in [-0.2, 0) is 0 Å². The van der Waals surface area contributed by atoms with Gasteiger partial charge < -0.3 is 10.4 Å². The highest BCUT2D eigenvalue weighted by atomic mass is 16.3. The van der Waals surface area contributed by atoms with Gasteiger partial charge >= 0.3 is 0 Å². The van der Waals surface area contributed by atoms with Crippen LogP contribution in [0.2, 0.25) is 0 Å². The Morgan fingerprint density at radius 1 is 0.947 bits per heavy atom. The Hall–Kier alpha value is -2.63. The minimum Gasteiger partial charge on any atom is -0.508 e. The molecule has 2 aliphatic heterocycles. The molecule has 2 aromatic rings. The molecule has 5 heteroatoms. The van der Waals surface area contributed by atoms with Crippen molar-refractivity contribution in [1.29, 1.82) is 0 Å². The quantitative estimate of drug-likeness (QED) is 0.417. The van der Waals surface area contributed by atoms with Gasteiger partial charge in [0.05, 0.1) is 6.04 Å². The molecule has 5 nitrogen and oxygen atoms in total. The topological polar surface area (TPSA) is 55.8 Å². The Balaban J connectivity index is 1.46.